The summed E-state index contributed by atoms with van der Waals surface area (Å²) < 4.78 is 0. The van der Waals surface area contributed by atoms with E-state index in [1.54, 1.807) is 0 Å². The first kappa shape index (κ1) is 22.4. The first-order chi connectivity index (χ1) is 1.41. The van der Waals surface area contributed by atoms with Crippen LogP contribution < -0.4 is 0 Å². The topological polar surface area (TPSA) is 0 Å². The summed E-state index contributed by atoms with van der Waals surface area (Å²) in [6.07, 6.45) is 0. The Morgan fingerprint density at radius 3 is 1.33 bits per heavy atom. The summed E-state index contributed by atoms with van der Waals surface area (Å²) in [5.74, 6) is 0. The maximum absolute atomic E-state index is 3.71. The van der Waals surface area contributed by atoms with Gasteiger partial charge in [0.2, 0.25) is 0 Å². The average Bonchev–Trinajstić information content (AvgIpc) is 0.918. The van der Waals surface area contributed by atoms with Crippen molar-refractivity contribution in [1.82, 2.24) is 0 Å². The predicted molar refractivity (Wildman–Crippen MR) is 16.6 cm³/mol. The molecule has 0 N–H and O–H groups in total. The molecule has 0 atom stereocenters. The molecule has 0 nitrogen and oxygen atoms in total. The van der Waals surface area contributed by atoms with Crippen LogP contribution in [0.15, 0.2) is 0 Å². The molecule has 6 heavy (non-hydrogen) atoms. The van der Waals surface area contributed by atoms with E-state index in [0.29, 0.717) is 0 Å². The minimum Gasteiger partial charge on any atom is 0 e. The average molecular weight is 572 g/mol. The van der Waals surface area contributed by atoms with Crippen LogP contribution >= 0.6 is 20.2 Å². The molecule has 0 aromatic heterocycles. The minimum atomic E-state index is 0. The molecule has 41 valence electrons. The van der Waals surface area contributed by atoms with Crippen molar-refractivity contribution in [2.24, 2.45) is 0 Å². The van der Waals surface area contributed by atoms with Crippen LogP contribution in [0.25, 0.3) is 0 Å². The zero-order chi connectivity index (χ0) is 2.71. The summed E-state index contributed by atoms with van der Waals surface area (Å²) in [6, 6.07) is 0. The molecule has 0 aliphatic rings. The van der Waals surface area contributed by atoms with Gasteiger partial charge >= 0.3 is 38.7 Å². The maximum Gasteiger partial charge on any atom is 0 e. The van der Waals surface area contributed by atoms with Crippen molar-refractivity contribution in [2.75, 3.05) is 0 Å². The van der Waals surface area contributed by atoms with Gasteiger partial charge in [0.25, 0.3) is 0 Å². The second-order valence-corrected chi connectivity index (χ2v) is 3.97. The van der Waals surface area contributed by atoms with E-state index in [1.165, 1.54) is 8.50 Å². The van der Waals surface area contributed by atoms with Crippen LogP contribution in [0.1, 0.15) is 0 Å². The molecule has 0 heterocycles. The molecule has 0 fully saturated rings. The van der Waals surface area contributed by atoms with Gasteiger partial charge < -0.3 is 0 Å². The van der Waals surface area contributed by atoms with Crippen molar-refractivity contribution in [3.05, 3.63) is 0 Å². The Bertz CT molecular complexity index is 9.51. The van der Waals surface area contributed by atoms with Crippen LogP contribution in [0.3, 0.4) is 0 Å². The third-order valence-electron chi connectivity index (χ3n) is 0. The summed E-state index contributed by atoms with van der Waals surface area (Å²) >= 11 is 5.56. The van der Waals surface area contributed by atoms with E-state index in [1.807, 2.05) is 18.5 Å². The third-order valence-corrected chi connectivity index (χ3v) is 0. The molecule has 0 rings (SSSR count). The summed E-state index contributed by atoms with van der Waals surface area (Å²) in [7, 11) is 1.45. The zero-order valence-corrected chi connectivity index (χ0v) is 12.6. The molecule has 0 aliphatic carbocycles. The summed E-state index contributed by atoms with van der Waals surface area (Å²) in [6.45, 7) is 0. The van der Waals surface area contributed by atoms with Crippen molar-refractivity contribution < 1.29 is 119 Å². The van der Waals surface area contributed by atoms with Gasteiger partial charge in [-0.05, 0) is 0 Å². The fraction of sp³-hybridized carbons (Fsp3) is 0. The fourth-order valence-corrected chi connectivity index (χ4v) is 0. The van der Waals surface area contributed by atoms with E-state index < -0.39 is 0 Å². The summed E-state index contributed by atoms with van der Waals surface area (Å²) in [5, 5.41) is 0. The SMILES string of the molecule is S[S][Mo].[Gd].[Gd].[Mo]. The monoisotopic (exact) mass is 577 g/mol. The molecule has 0 aliphatic heterocycles. The van der Waals surface area contributed by atoms with Crippen molar-refractivity contribution in [2.45, 2.75) is 0 Å². The fourth-order valence-electron chi connectivity index (χ4n) is 0. The summed E-state index contributed by atoms with van der Waals surface area (Å²) in [5.41, 5.74) is 0. The van der Waals surface area contributed by atoms with Crippen molar-refractivity contribution in [3.8, 4) is 0 Å². The number of rotatable bonds is 0. The van der Waals surface area contributed by atoms with Gasteiger partial charge in [-0.25, -0.2) is 0 Å². The van der Waals surface area contributed by atoms with Crippen LogP contribution in [0, 0.1) is 79.9 Å². The Balaban J connectivity index is -0.00000000667. The maximum atomic E-state index is 3.71. The van der Waals surface area contributed by atoms with Gasteiger partial charge in [0.15, 0.2) is 0 Å². The Labute approximate surface area is 136 Å². The van der Waals surface area contributed by atoms with Crippen molar-refractivity contribution in [3.63, 3.8) is 0 Å². The predicted octanol–water partition coefficient (Wildman–Crippen LogP) is 1.02. The number of thiol groups is 1. The molecule has 0 bridgehead atoms. The molecular weight excluding hydrogens is 571 g/mol. The van der Waals surface area contributed by atoms with Gasteiger partial charge in [-0.2, -0.15) is 0 Å². The second-order valence-electron chi connectivity index (χ2n) is 0.0745. The molecule has 0 aromatic carbocycles. The Kier molecular flexibility index (Phi) is 84.4. The first-order valence-electron chi connectivity index (χ1n) is 0.349. The van der Waals surface area contributed by atoms with Gasteiger partial charge in [0.05, 0.1) is 0 Å². The van der Waals surface area contributed by atoms with Gasteiger partial charge in [0.1, 0.15) is 0 Å². The van der Waals surface area contributed by atoms with E-state index in [4.69, 9.17) is 0 Å². The molecule has 0 spiro atoms. The van der Waals surface area contributed by atoms with Gasteiger partial charge in [-0.15, -0.1) is 0 Å². The zero-order valence-electron chi connectivity index (χ0n) is 2.38. The second kappa shape index (κ2) is 22.6. The Morgan fingerprint density at radius 1 is 1.33 bits per heavy atom. The summed E-state index contributed by atoms with van der Waals surface area (Å²) in [4.78, 5) is 0. The van der Waals surface area contributed by atoms with Crippen LogP contribution in [-0.4, -0.2) is 0 Å². The van der Waals surface area contributed by atoms with E-state index in [2.05, 4.69) is 11.7 Å². The third kappa shape index (κ3) is 23.3. The standard InChI is InChI=1S/2Gd.2Mo.H2S2/c;;;;1-2/h;;;;1-2H/q;;;+1;/p-1. The van der Waals surface area contributed by atoms with Crippen LogP contribution in [0.5, 0.6) is 0 Å². The van der Waals surface area contributed by atoms with E-state index in [9.17, 15) is 0 Å². The van der Waals surface area contributed by atoms with E-state index in [0.717, 1.165) is 0 Å². The van der Waals surface area contributed by atoms with E-state index in [-0.39, 0.29) is 101 Å². The minimum absolute atomic E-state index is 0. The largest absolute Gasteiger partial charge is 0 e. The van der Waals surface area contributed by atoms with Crippen molar-refractivity contribution >= 4 is 20.2 Å². The van der Waals surface area contributed by atoms with E-state index >= 15 is 0 Å². The first-order valence-corrected chi connectivity index (χ1v) is 4.60. The van der Waals surface area contributed by atoms with Gasteiger partial charge in [-0.1, -0.05) is 0 Å². The Hall–Kier alpha value is 4.73. The van der Waals surface area contributed by atoms with Crippen LogP contribution in [-0.2, 0) is 39.6 Å². The van der Waals surface area contributed by atoms with Crippen LogP contribution in [0.2, 0.25) is 0 Å². The van der Waals surface area contributed by atoms with Gasteiger partial charge in [-0.3, -0.25) is 0 Å². The quantitative estimate of drug-likeness (QED) is 0.258. The smallest absolute Gasteiger partial charge is 0 e. The molecule has 0 unspecified atom stereocenters. The Morgan fingerprint density at radius 2 is 1.33 bits per heavy atom. The van der Waals surface area contributed by atoms with Crippen LogP contribution in [0.4, 0.5) is 0 Å². The normalized spacial score (nSPS) is 2.83. The molecule has 0 aromatic rings. The molecule has 0 saturated carbocycles. The molecule has 6 heteroatoms. The number of hydrogen-bond acceptors (Lipinski definition) is 2. The van der Waals surface area contributed by atoms with Gasteiger partial charge in [0, 0.05) is 101 Å². The van der Waals surface area contributed by atoms with Crippen molar-refractivity contribution in [1.29, 1.82) is 0 Å². The molecule has 0 radical (unpaired) electrons. The molecule has 0 amide bonds. The number of hydrogen-bond donors (Lipinski definition) is 1. The molecular formula is HGd2Mo2S2. The molecule has 0 saturated heterocycles.